The molecule has 94 valence electrons. The Hall–Kier alpha value is -1.10. The maximum atomic E-state index is 10.7. The average molecular weight is 258 g/mol. The van der Waals surface area contributed by atoms with Gasteiger partial charge in [-0.1, -0.05) is 24.9 Å². The van der Waals surface area contributed by atoms with Crippen LogP contribution in [-0.4, -0.2) is 14.7 Å². The molecular weight excluding hydrogens is 242 g/mol. The fraction of sp³-hybridized carbons (Fsp3) is 0.727. The summed E-state index contributed by atoms with van der Waals surface area (Å²) in [5.41, 5.74) is 0. The lowest BCUT2D eigenvalue weighted by atomic mass is 9.85. The Kier molecular flexibility index (Phi) is 3.66. The standard InChI is InChI=1S/C11H16ClN3O2/c1-2-8-3-5-9(6-4-8)14-7-10(12)11(13-14)15(16)17/h7-9H,2-6H2,1H3. The van der Waals surface area contributed by atoms with Gasteiger partial charge in [0.25, 0.3) is 0 Å². The third-order valence-electron chi connectivity index (χ3n) is 3.61. The largest absolute Gasteiger partial charge is 0.408 e. The van der Waals surface area contributed by atoms with Crippen LogP contribution >= 0.6 is 11.6 Å². The van der Waals surface area contributed by atoms with Crippen LogP contribution in [0.3, 0.4) is 0 Å². The summed E-state index contributed by atoms with van der Waals surface area (Å²) in [4.78, 5) is 10.1. The Morgan fingerprint density at radius 2 is 2.18 bits per heavy atom. The second-order valence-electron chi connectivity index (χ2n) is 4.62. The first-order chi connectivity index (χ1) is 8.11. The number of aromatic nitrogens is 2. The van der Waals surface area contributed by atoms with Crippen molar-refractivity contribution in [3.63, 3.8) is 0 Å². The second-order valence-corrected chi connectivity index (χ2v) is 5.03. The Morgan fingerprint density at radius 1 is 1.53 bits per heavy atom. The molecule has 0 radical (unpaired) electrons. The number of hydrogen-bond acceptors (Lipinski definition) is 3. The van der Waals surface area contributed by atoms with Crippen molar-refractivity contribution < 1.29 is 4.92 Å². The molecule has 0 unspecified atom stereocenters. The molecule has 2 rings (SSSR count). The van der Waals surface area contributed by atoms with Crippen molar-refractivity contribution in [3.8, 4) is 0 Å². The van der Waals surface area contributed by atoms with Gasteiger partial charge in [-0.3, -0.25) is 0 Å². The molecule has 6 heteroatoms. The van der Waals surface area contributed by atoms with Crippen molar-refractivity contribution in [2.45, 2.75) is 45.1 Å². The number of hydrogen-bond donors (Lipinski definition) is 0. The van der Waals surface area contributed by atoms with Crippen LogP contribution in [-0.2, 0) is 0 Å². The van der Waals surface area contributed by atoms with Crippen molar-refractivity contribution in [1.29, 1.82) is 0 Å². The van der Waals surface area contributed by atoms with Crippen LogP contribution in [0.25, 0.3) is 0 Å². The summed E-state index contributed by atoms with van der Waals surface area (Å²) in [7, 11) is 0. The van der Waals surface area contributed by atoms with E-state index in [-0.39, 0.29) is 16.9 Å². The summed E-state index contributed by atoms with van der Waals surface area (Å²) >= 11 is 5.79. The average Bonchev–Trinajstić information content (AvgIpc) is 2.71. The van der Waals surface area contributed by atoms with Gasteiger partial charge < -0.3 is 10.1 Å². The highest BCUT2D eigenvalue weighted by Crippen LogP contribution is 2.35. The molecule has 0 amide bonds. The molecule has 0 aliphatic heterocycles. The first kappa shape index (κ1) is 12.4. The van der Waals surface area contributed by atoms with E-state index in [2.05, 4.69) is 12.0 Å². The Balaban J connectivity index is 2.08. The molecule has 1 fully saturated rings. The van der Waals surface area contributed by atoms with E-state index in [1.807, 2.05) is 0 Å². The van der Waals surface area contributed by atoms with Gasteiger partial charge in [0.15, 0.2) is 5.02 Å². The summed E-state index contributed by atoms with van der Waals surface area (Å²) in [6.07, 6.45) is 7.21. The van der Waals surface area contributed by atoms with E-state index in [9.17, 15) is 10.1 Å². The molecule has 0 saturated heterocycles. The van der Waals surface area contributed by atoms with Crippen molar-refractivity contribution in [2.75, 3.05) is 0 Å². The summed E-state index contributed by atoms with van der Waals surface area (Å²) in [6.45, 7) is 2.21. The van der Waals surface area contributed by atoms with Gasteiger partial charge in [0.1, 0.15) is 0 Å². The summed E-state index contributed by atoms with van der Waals surface area (Å²) < 4.78 is 1.67. The molecule has 1 saturated carbocycles. The highest BCUT2D eigenvalue weighted by molar-refractivity contribution is 6.32. The SMILES string of the molecule is CCC1CCC(n2cc(Cl)c([N+](=O)[O-])n2)CC1. The summed E-state index contributed by atoms with van der Waals surface area (Å²) in [5, 5.41) is 14.8. The van der Waals surface area contributed by atoms with Crippen molar-refractivity contribution in [3.05, 3.63) is 21.3 Å². The number of nitro groups is 1. The first-order valence-corrected chi connectivity index (χ1v) is 6.38. The molecule has 5 nitrogen and oxygen atoms in total. The van der Waals surface area contributed by atoms with E-state index in [1.54, 1.807) is 10.9 Å². The maximum absolute atomic E-state index is 10.7. The molecule has 1 aromatic heterocycles. The quantitative estimate of drug-likeness (QED) is 0.614. The third kappa shape index (κ3) is 2.60. The Bertz CT molecular complexity index is 411. The van der Waals surface area contributed by atoms with Crippen LogP contribution < -0.4 is 0 Å². The number of nitrogens with zero attached hydrogens (tertiary/aromatic N) is 3. The van der Waals surface area contributed by atoms with Gasteiger partial charge in [-0.15, -0.1) is 0 Å². The zero-order valence-electron chi connectivity index (χ0n) is 9.80. The first-order valence-electron chi connectivity index (χ1n) is 6.00. The Labute approximate surface area is 105 Å². The minimum Gasteiger partial charge on any atom is -0.358 e. The van der Waals surface area contributed by atoms with Gasteiger partial charge in [-0.25, -0.2) is 0 Å². The van der Waals surface area contributed by atoms with Gasteiger partial charge >= 0.3 is 5.82 Å². The van der Waals surface area contributed by atoms with E-state index in [0.717, 1.165) is 18.8 Å². The van der Waals surface area contributed by atoms with Crippen LogP contribution in [0.2, 0.25) is 5.02 Å². The highest BCUT2D eigenvalue weighted by atomic mass is 35.5. The lowest BCUT2D eigenvalue weighted by Gasteiger charge is -2.26. The lowest BCUT2D eigenvalue weighted by Crippen LogP contribution is -2.18. The molecule has 0 aromatic carbocycles. The van der Waals surface area contributed by atoms with Crippen molar-refractivity contribution >= 4 is 17.4 Å². The number of rotatable bonds is 3. The van der Waals surface area contributed by atoms with E-state index in [0.29, 0.717) is 0 Å². The Morgan fingerprint density at radius 3 is 2.65 bits per heavy atom. The fourth-order valence-corrected chi connectivity index (χ4v) is 2.70. The predicted octanol–water partition coefficient (Wildman–Crippen LogP) is 3.59. The van der Waals surface area contributed by atoms with E-state index in [4.69, 9.17) is 11.6 Å². The lowest BCUT2D eigenvalue weighted by molar-refractivity contribution is -0.389. The predicted molar refractivity (Wildman–Crippen MR) is 65.2 cm³/mol. The third-order valence-corrected chi connectivity index (χ3v) is 3.88. The topological polar surface area (TPSA) is 61.0 Å². The normalized spacial score (nSPS) is 24.8. The van der Waals surface area contributed by atoms with E-state index >= 15 is 0 Å². The van der Waals surface area contributed by atoms with Crippen LogP contribution in [0.1, 0.15) is 45.1 Å². The van der Waals surface area contributed by atoms with Gasteiger partial charge in [-0.05, 0) is 36.5 Å². The molecule has 1 aromatic rings. The van der Waals surface area contributed by atoms with Crippen LogP contribution in [0.5, 0.6) is 0 Å². The second kappa shape index (κ2) is 5.04. The smallest absolute Gasteiger partial charge is 0.358 e. The molecule has 1 heterocycles. The number of halogens is 1. The molecule has 0 N–H and O–H groups in total. The monoisotopic (exact) mass is 257 g/mol. The molecule has 0 atom stereocenters. The molecular formula is C11H16ClN3O2. The zero-order valence-corrected chi connectivity index (χ0v) is 10.6. The maximum Gasteiger partial charge on any atom is 0.408 e. The van der Waals surface area contributed by atoms with Crippen LogP contribution in [0.15, 0.2) is 6.20 Å². The molecule has 0 bridgehead atoms. The fourth-order valence-electron chi connectivity index (χ4n) is 2.49. The molecule has 0 spiro atoms. The van der Waals surface area contributed by atoms with Gasteiger partial charge in [0.05, 0.1) is 17.3 Å². The molecule has 17 heavy (non-hydrogen) atoms. The van der Waals surface area contributed by atoms with Gasteiger partial charge in [0.2, 0.25) is 0 Å². The van der Waals surface area contributed by atoms with Gasteiger partial charge in [0, 0.05) is 0 Å². The minimum atomic E-state index is -0.531. The van der Waals surface area contributed by atoms with Gasteiger partial charge in [-0.2, -0.15) is 4.68 Å². The summed E-state index contributed by atoms with van der Waals surface area (Å²) in [5.74, 6) is 0.566. The minimum absolute atomic E-state index is 0.132. The van der Waals surface area contributed by atoms with Crippen molar-refractivity contribution in [2.24, 2.45) is 5.92 Å². The van der Waals surface area contributed by atoms with Crippen LogP contribution in [0, 0.1) is 16.0 Å². The molecule has 1 aliphatic carbocycles. The highest BCUT2D eigenvalue weighted by Gasteiger charge is 2.27. The van der Waals surface area contributed by atoms with E-state index in [1.165, 1.54) is 19.3 Å². The molecule has 1 aliphatic rings. The van der Waals surface area contributed by atoms with Crippen LogP contribution in [0.4, 0.5) is 5.82 Å². The zero-order chi connectivity index (χ0) is 12.4. The van der Waals surface area contributed by atoms with E-state index < -0.39 is 4.92 Å². The van der Waals surface area contributed by atoms with Crippen molar-refractivity contribution in [1.82, 2.24) is 9.78 Å². The summed E-state index contributed by atoms with van der Waals surface area (Å²) in [6, 6.07) is 0.268.